The topological polar surface area (TPSA) is 12.0 Å². The van der Waals surface area contributed by atoms with Crippen LogP contribution in [-0.2, 0) is 19.1 Å². The third kappa shape index (κ3) is 1.53. The van der Waals surface area contributed by atoms with Crippen molar-refractivity contribution in [3.63, 3.8) is 0 Å². The average Bonchev–Trinajstić information content (AvgIpc) is 2.17. The zero-order valence-electron chi connectivity index (χ0n) is 7.14. The van der Waals surface area contributed by atoms with E-state index < -0.39 is 0 Å². The summed E-state index contributed by atoms with van der Waals surface area (Å²) >= 11 is 0. The van der Waals surface area contributed by atoms with Crippen molar-refractivity contribution in [3.8, 4) is 0 Å². The van der Waals surface area contributed by atoms with Crippen LogP contribution in [0.3, 0.4) is 0 Å². The Morgan fingerprint density at radius 3 is 3.08 bits per heavy atom. The molecule has 0 fully saturated rings. The lowest BCUT2D eigenvalue weighted by atomic mass is 9.99. The number of rotatable bonds is 1. The van der Waals surface area contributed by atoms with Gasteiger partial charge in [-0.3, -0.25) is 0 Å². The minimum atomic E-state index is 1.05. The smallest absolute Gasteiger partial charge is 0.0208 e. The first-order chi connectivity index (χ1) is 5.90. The molecule has 1 aromatic rings. The number of nitrogens with one attached hydrogen (secondary N) is 1. The van der Waals surface area contributed by atoms with Crippen molar-refractivity contribution in [2.75, 3.05) is 6.54 Å². The third-order valence-corrected chi connectivity index (χ3v) is 2.86. The van der Waals surface area contributed by atoms with Gasteiger partial charge in [0.2, 0.25) is 0 Å². The van der Waals surface area contributed by atoms with Crippen molar-refractivity contribution in [1.82, 2.24) is 5.32 Å². The molecule has 0 aliphatic carbocycles. The Bertz CT molecular complexity index is 283. The largest absolute Gasteiger partial charge is 0.312 e. The first kappa shape index (κ1) is 8.22. The Kier molecular flexibility index (Phi) is 2.43. The van der Waals surface area contributed by atoms with Gasteiger partial charge < -0.3 is 5.32 Å². The molecule has 0 spiro atoms. The van der Waals surface area contributed by atoms with Gasteiger partial charge in [0, 0.05) is 6.54 Å². The zero-order chi connectivity index (χ0) is 8.39. The van der Waals surface area contributed by atoms with Gasteiger partial charge in [-0.25, -0.2) is 0 Å². The van der Waals surface area contributed by atoms with Gasteiger partial charge in [-0.05, 0) is 35.8 Å². The quantitative estimate of drug-likeness (QED) is 0.647. The molecule has 0 radical (unpaired) electrons. The van der Waals surface area contributed by atoms with E-state index in [0.717, 1.165) is 19.3 Å². The highest BCUT2D eigenvalue weighted by molar-refractivity contribution is 7.15. The second kappa shape index (κ2) is 3.55. The van der Waals surface area contributed by atoms with Gasteiger partial charge in [-0.1, -0.05) is 18.2 Å². The van der Waals surface area contributed by atoms with E-state index in [9.17, 15) is 0 Å². The first-order valence-corrected chi connectivity index (χ1v) is 5.23. The molecule has 1 N–H and O–H groups in total. The summed E-state index contributed by atoms with van der Waals surface area (Å²) in [7, 11) is 2.77. The predicted molar refractivity (Wildman–Crippen MR) is 55.3 cm³/mol. The minimum absolute atomic E-state index is 1.05. The second-order valence-corrected chi connectivity index (χ2v) is 3.64. The monoisotopic (exact) mass is 179 g/mol. The maximum Gasteiger partial charge on any atom is 0.0208 e. The van der Waals surface area contributed by atoms with E-state index in [0.29, 0.717) is 0 Å². The number of hydrogen-bond donors (Lipinski definition) is 1. The van der Waals surface area contributed by atoms with Crippen LogP contribution >= 0.6 is 9.24 Å². The van der Waals surface area contributed by atoms with E-state index in [1.165, 1.54) is 23.1 Å². The third-order valence-electron chi connectivity index (χ3n) is 2.39. The van der Waals surface area contributed by atoms with Crippen molar-refractivity contribution >= 4 is 9.24 Å². The SMILES string of the molecule is PCc1ccc2c(c1)CNCC2. The van der Waals surface area contributed by atoms with Crippen LogP contribution in [0.1, 0.15) is 16.7 Å². The lowest BCUT2D eigenvalue weighted by Crippen LogP contribution is -2.23. The van der Waals surface area contributed by atoms with E-state index >= 15 is 0 Å². The van der Waals surface area contributed by atoms with Gasteiger partial charge in [0.05, 0.1) is 0 Å². The van der Waals surface area contributed by atoms with Crippen LogP contribution in [0.2, 0.25) is 0 Å². The highest BCUT2D eigenvalue weighted by Crippen LogP contribution is 2.17. The molecule has 12 heavy (non-hydrogen) atoms. The Labute approximate surface area is 75.8 Å². The maximum absolute atomic E-state index is 3.39. The molecule has 1 heterocycles. The Balaban J connectivity index is 2.36. The molecule has 1 aliphatic heterocycles. The minimum Gasteiger partial charge on any atom is -0.312 e. The van der Waals surface area contributed by atoms with E-state index in [1.54, 1.807) is 0 Å². The number of benzene rings is 1. The fourth-order valence-electron chi connectivity index (χ4n) is 1.66. The molecule has 0 aromatic heterocycles. The molecule has 1 aliphatic rings. The van der Waals surface area contributed by atoms with Crippen LogP contribution in [0, 0.1) is 0 Å². The molecule has 1 unspecified atom stereocenters. The molecular weight excluding hydrogens is 165 g/mol. The fourth-order valence-corrected chi connectivity index (χ4v) is 1.91. The van der Waals surface area contributed by atoms with Crippen LogP contribution in [0.25, 0.3) is 0 Å². The maximum atomic E-state index is 3.39. The van der Waals surface area contributed by atoms with Gasteiger partial charge in [-0.15, -0.1) is 9.24 Å². The average molecular weight is 179 g/mol. The van der Waals surface area contributed by atoms with E-state index in [-0.39, 0.29) is 0 Å². The highest BCUT2D eigenvalue weighted by Gasteiger charge is 2.07. The van der Waals surface area contributed by atoms with Crippen LogP contribution in [-0.4, -0.2) is 6.54 Å². The molecule has 1 aromatic carbocycles. The van der Waals surface area contributed by atoms with Gasteiger partial charge in [0.25, 0.3) is 0 Å². The van der Waals surface area contributed by atoms with Crippen molar-refractivity contribution in [1.29, 1.82) is 0 Å². The second-order valence-electron chi connectivity index (χ2n) is 3.23. The van der Waals surface area contributed by atoms with E-state index in [4.69, 9.17) is 0 Å². The van der Waals surface area contributed by atoms with Crippen LogP contribution in [0.5, 0.6) is 0 Å². The molecule has 0 amide bonds. The summed E-state index contributed by atoms with van der Waals surface area (Å²) in [6, 6.07) is 6.82. The van der Waals surface area contributed by atoms with E-state index in [1.807, 2.05) is 0 Å². The van der Waals surface area contributed by atoms with Crippen molar-refractivity contribution in [3.05, 3.63) is 34.9 Å². The van der Waals surface area contributed by atoms with Crippen molar-refractivity contribution in [2.45, 2.75) is 19.1 Å². The normalized spacial score (nSPS) is 15.8. The fraction of sp³-hybridized carbons (Fsp3) is 0.400. The van der Waals surface area contributed by atoms with Crippen molar-refractivity contribution in [2.24, 2.45) is 0 Å². The zero-order valence-corrected chi connectivity index (χ0v) is 8.29. The lowest BCUT2D eigenvalue weighted by Gasteiger charge is -2.17. The van der Waals surface area contributed by atoms with Crippen LogP contribution < -0.4 is 5.32 Å². The predicted octanol–water partition coefficient (Wildman–Crippen LogP) is 1.71. The molecule has 1 nitrogen and oxygen atoms in total. The standard InChI is InChI=1S/C10H14NP/c12-7-8-1-2-9-3-4-11-6-10(9)5-8/h1-2,5,11H,3-4,6-7,12H2. The Hall–Kier alpha value is -0.390. The summed E-state index contributed by atoms with van der Waals surface area (Å²) in [6.07, 6.45) is 2.25. The Morgan fingerprint density at radius 1 is 1.33 bits per heavy atom. The molecule has 0 saturated heterocycles. The molecule has 64 valence electrons. The number of hydrogen-bond acceptors (Lipinski definition) is 1. The van der Waals surface area contributed by atoms with Gasteiger partial charge in [-0.2, -0.15) is 0 Å². The van der Waals surface area contributed by atoms with Crippen LogP contribution in [0.15, 0.2) is 18.2 Å². The first-order valence-electron chi connectivity index (χ1n) is 4.41. The summed E-state index contributed by atoms with van der Waals surface area (Å²) in [4.78, 5) is 0. The van der Waals surface area contributed by atoms with Crippen LogP contribution in [0.4, 0.5) is 0 Å². The van der Waals surface area contributed by atoms with Crippen molar-refractivity contribution < 1.29 is 0 Å². The highest BCUT2D eigenvalue weighted by atomic mass is 31.0. The lowest BCUT2D eigenvalue weighted by molar-refractivity contribution is 0.643. The Morgan fingerprint density at radius 2 is 2.25 bits per heavy atom. The summed E-state index contributed by atoms with van der Waals surface area (Å²) in [5.41, 5.74) is 4.43. The van der Waals surface area contributed by atoms with E-state index in [2.05, 4.69) is 32.8 Å². The molecule has 0 saturated carbocycles. The molecule has 2 heteroatoms. The molecule has 0 bridgehead atoms. The molecule has 1 atom stereocenters. The van der Waals surface area contributed by atoms with Gasteiger partial charge >= 0.3 is 0 Å². The van der Waals surface area contributed by atoms with Gasteiger partial charge in [0.15, 0.2) is 0 Å². The summed E-state index contributed by atoms with van der Waals surface area (Å²) in [5.74, 6) is 0. The van der Waals surface area contributed by atoms with Gasteiger partial charge in [0.1, 0.15) is 0 Å². The number of fused-ring (bicyclic) bond motifs is 1. The summed E-state index contributed by atoms with van der Waals surface area (Å²) < 4.78 is 0. The summed E-state index contributed by atoms with van der Waals surface area (Å²) in [5, 5.41) is 3.39. The molecular formula is C10H14NP. The summed E-state index contributed by atoms with van der Waals surface area (Å²) in [6.45, 7) is 2.18. The molecule has 2 rings (SSSR count).